The summed E-state index contributed by atoms with van der Waals surface area (Å²) in [5.74, 6) is -3.87. The molecule has 668 valence electrons. The number of ether oxygens (including phenoxy) is 4. The van der Waals surface area contributed by atoms with E-state index in [-0.39, 0.29) is 75.3 Å². The Morgan fingerprint density at radius 3 is 0.556 bits per heavy atom. The van der Waals surface area contributed by atoms with E-state index in [9.17, 15) is 45.1 Å². The van der Waals surface area contributed by atoms with Crippen LogP contribution in [-0.2, 0) is 39.2 Å². The number of carbonyl (C=O) groups is 4. The Morgan fingerprint density at radius 1 is 0.239 bits per heavy atom. The number of allylic oxidation sites excluding steroid dienone is 4. The Bertz CT molecular complexity index is 2810. The van der Waals surface area contributed by atoms with E-state index in [1.54, 1.807) is 24.3 Å². The van der Waals surface area contributed by atoms with Gasteiger partial charge in [-0.25, -0.2) is 36.0 Å². The van der Waals surface area contributed by atoms with Crippen LogP contribution in [0.1, 0.15) is 506 Å². The summed E-state index contributed by atoms with van der Waals surface area (Å²) in [6, 6.07) is 7.09. The molecule has 0 N–H and O–H groups in total. The molecule has 0 bridgehead atoms. The molecule has 0 aliphatic heterocycles. The average Bonchev–Trinajstić information content (AvgIpc) is 0.796. The first-order valence-electron chi connectivity index (χ1n) is 48.1. The number of benzene rings is 2. The number of esters is 4. The van der Waals surface area contributed by atoms with Gasteiger partial charge < -0.3 is 28.1 Å². The molecule has 0 aromatic heterocycles. The SMILES string of the molecule is CCCCCCCCCCCCCCCCCC/C=C/COC(=O)c1cccc(S(=O)(=O)[O-])c1C(=O)OC/C=C/CCCCCCCCCCCCCCCCCC.CCCCCCCCCCCCCCCCCC/C=C/COC(=O)c1cccc(S(=O)(=O)[O-])c1C(=O)OC/C=C/CCCCCCCCCCCCCCCCCC.[Ca+2]. The maximum absolute atomic E-state index is 13.0. The van der Waals surface area contributed by atoms with Crippen molar-refractivity contribution in [1.29, 1.82) is 0 Å². The predicted octanol–water partition coefficient (Wildman–Crippen LogP) is 30.3. The second-order valence-corrected chi connectivity index (χ2v) is 35.6. The standard InChI is InChI=1S/2C50H86O7S.Ca/c2*1-3-5-7-9-11-13-15-17-19-21-23-25-27-29-31-33-35-37-39-44-56-49(51)46-42-41-43-47(58(53,54)55)48(46)50(52)57-45-40-38-36-34-32-30-28-26-24-22-20-18-16-14-12-10-8-6-4-2;/h2*37-43H,3-36,44-45H2,1-2H3,(H,53,54,55);/q;;+2/p-2/b2*39-37+,40-38+;. The number of carbonyl (C=O) groups excluding carboxylic acids is 4. The van der Waals surface area contributed by atoms with E-state index in [4.69, 9.17) is 18.9 Å². The van der Waals surface area contributed by atoms with Crippen molar-refractivity contribution in [2.45, 2.75) is 474 Å². The van der Waals surface area contributed by atoms with Crippen LogP contribution in [0.2, 0.25) is 0 Å². The van der Waals surface area contributed by atoms with E-state index in [1.165, 1.54) is 397 Å². The summed E-state index contributed by atoms with van der Waals surface area (Å²) >= 11 is 0. The zero-order valence-electron chi connectivity index (χ0n) is 75.2. The van der Waals surface area contributed by atoms with Crippen LogP contribution >= 0.6 is 0 Å². The minimum atomic E-state index is -5.04. The molecular weight excluding hydrogens is 1530 g/mol. The van der Waals surface area contributed by atoms with E-state index in [1.807, 2.05) is 24.3 Å². The normalized spacial score (nSPS) is 11.8. The molecule has 0 radical (unpaired) electrons. The Kier molecular flexibility index (Phi) is 81.9. The Morgan fingerprint density at radius 2 is 0.393 bits per heavy atom. The van der Waals surface area contributed by atoms with Gasteiger partial charge in [-0.3, -0.25) is 0 Å². The Labute approximate surface area is 747 Å². The van der Waals surface area contributed by atoms with Crippen LogP contribution in [0.15, 0.2) is 94.8 Å². The molecule has 0 aliphatic carbocycles. The Hall–Kier alpha value is -3.64. The van der Waals surface area contributed by atoms with Crippen LogP contribution in [0, 0.1) is 0 Å². The van der Waals surface area contributed by atoms with Gasteiger partial charge in [0.15, 0.2) is 0 Å². The molecule has 0 saturated carbocycles. The molecule has 0 amide bonds. The number of unbranched alkanes of at least 4 members (excludes halogenated alkanes) is 64. The van der Waals surface area contributed by atoms with Crippen molar-refractivity contribution >= 4 is 81.9 Å². The quantitative estimate of drug-likeness (QED) is 0.0150. The smallest absolute Gasteiger partial charge is 0.744 e. The summed E-state index contributed by atoms with van der Waals surface area (Å²) in [4.78, 5) is 50.3. The van der Waals surface area contributed by atoms with Gasteiger partial charge in [-0.2, -0.15) is 0 Å². The third kappa shape index (κ3) is 69.5. The predicted molar refractivity (Wildman–Crippen MR) is 489 cm³/mol. The van der Waals surface area contributed by atoms with Crippen molar-refractivity contribution in [1.82, 2.24) is 0 Å². The van der Waals surface area contributed by atoms with Crippen molar-refractivity contribution in [2.75, 3.05) is 26.4 Å². The van der Waals surface area contributed by atoms with Gasteiger partial charge in [0.05, 0.1) is 32.0 Å². The Balaban J connectivity index is 0.00000228. The van der Waals surface area contributed by atoms with Crippen molar-refractivity contribution in [3.63, 3.8) is 0 Å². The van der Waals surface area contributed by atoms with Crippen molar-refractivity contribution in [2.24, 2.45) is 0 Å². The summed E-state index contributed by atoms with van der Waals surface area (Å²) < 4.78 is 93.2. The van der Waals surface area contributed by atoms with Crippen molar-refractivity contribution in [3.8, 4) is 0 Å². The van der Waals surface area contributed by atoms with Crippen LogP contribution in [-0.4, -0.2) is 114 Å². The van der Waals surface area contributed by atoms with E-state index >= 15 is 0 Å². The number of rotatable bonds is 82. The molecule has 0 atom stereocenters. The maximum atomic E-state index is 13.0. The first-order chi connectivity index (χ1) is 56.6. The number of hydrogen-bond acceptors (Lipinski definition) is 14. The first-order valence-corrected chi connectivity index (χ1v) is 50.9. The zero-order chi connectivity index (χ0) is 84.4. The van der Waals surface area contributed by atoms with Crippen LogP contribution in [0.5, 0.6) is 0 Å². The second-order valence-electron chi connectivity index (χ2n) is 32.9. The van der Waals surface area contributed by atoms with Crippen molar-refractivity contribution < 1.29 is 64.1 Å². The topological polar surface area (TPSA) is 220 Å². The van der Waals surface area contributed by atoms with Crippen LogP contribution in [0.25, 0.3) is 0 Å². The van der Waals surface area contributed by atoms with Gasteiger partial charge in [-0.1, -0.05) is 474 Å². The van der Waals surface area contributed by atoms with Gasteiger partial charge in [0, 0.05) is 0 Å². The summed E-state index contributed by atoms with van der Waals surface area (Å²) in [6.07, 6.45) is 103. The third-order valence-corrected chi connectivity index (χ3v) is 24.0. The third-order valence-electron chi connectivity index (χ3n) is 22.2. The van der Waals surface area contributed by atoms with E-state index in [0.717, 1.165) is 76.3 Å². The molecule has 0 heterocycles. The van der Waals surface area contributed by atoms with E-state index < -0.39 is 65.0 Å². The molecule has 0 unspecified atom stereocenters. The largest absolute Gasteiger partial charge is 2.00 e. The minimum absolute atomic E-state index is 0. The summed E-state index contributed by atoms with van der Waals surface area (Å²) in [5.41, 5.74) is -1.76. The average molecular weight is 1700 g/mol. The molecule has 17 heteroatoms. The van der Waals surface area contributed by atoms with Gasteiger partial charge in [0.1, 0.15) is 46.7 Å². The fourth-order valence-corrected chi connectivity index (χ4v) is 16.4. The minimum Gasteiger partial charge on any atom is -0.744 e. The van der Waals surface area contributed by atoms with Gasteiger partial charge in [-0.05, 0) is 75.6 Å². The second kappa shape index (κ2) is 84.6. The molecule has 0 spiro atoms. The first kappa shape index (κ1) is 113. The van der Waals surface area contributed by atoms with E-state index in [0.29, 0.717) is 0 Å². The molecule has 0 fully saturated rings. The van der Waals surface area contributed by atoms with Gasteiger partial charge in [0.25, 0.3) is 0 Å². The molecular formula is C100H170CaO14S2. The molecule has 2 aromatic carbocycles. The molecule has 2 aromatic rings. The molecule has 14 nitrogen and oxygen atoms in total. The van der Waals surface area contributed by atoms with Crippen molar-refractivity contribution in [3.05, 3.63) is 107 Å². The number of hydrogen-bond donors (Lipinski definition) is 0. The summed E-state index contributed by atoms with van der Waals surface area (Å²) in [6.45, 7) is 8.83. The maximum Gasteiger partial charge on any atom is 2.00 e. The molecule has 0 saturated heterocycles. The summed E-state index contributed by atoms with van der Waals surface area (Å²) in [5, 5.41) is 0. The molecule has 117 heavy (non-hydrogen) atoms. The van der Waals surface area contributed by atoms with Crippen LogP contribution < -0.4 is 0 Å². The fraction of sp³-hybridized carbons (Fsp3) is 0.760. The van der Waals surface area contributed by atoms with Gasteiger partial charge >= 0.3 is 61.6 Å². The molecule has 0 aliphatic rings. The van der Waals surface area contributed by atoms with Crippen LogP contribution in [0.4, 0.5) is 0 Å². The van der Waals surface area contributed by atoms with E-state index in [2.05, 4.69) is 27.7 Å². The molecule has 2 rings (SSSR count). The summed E-state index contributed by atoms with van der Waals surface area (Å²) in [7, 11) is -10.1. The van der Waals surface area contributed by atoms with Gasteiger partial charge in [-0.15, -0.1) is 0 Å². The van der Waals surface area contributed by atoms with Crippen LogP contribution in [0.3, 0.4) is 0 Å². The zero-order valence-corrected chi connectivity index (χ0v) is 79.1. The fourth-order valence-electron chi connectivity index (χ4n) is 15.0. The van der Waals surface area contributed by atoms with Gasteiger partial charge in [0.2, 0.25) is 0 Å². The monoisotopic (exact) mass is 1700 g/mol.